The molecular weight excluding hydrogens is 317 g/mol. The minimum absolute atomic E-state index is 0.00286. The highest BCUT2D eigenvalue weighted by atomic mass is 35.7. The monoisotopic (exact) mass is 333 g/mol. The molecule has 1 saturated carbocycles. The van der Waals surface area contributed by atoms with Gasteiger partial charge in [0.05, 0.1) is 10.5 Å². The number of nitrogens with one attached hydrogen (secondary N) is 1. The third-order valence-electron chi connectivity index (χ3n) is 3.74. The van der Waals surface area contributed by atoms with Crippen LogP contribution in [0.3, 0.4) is 0 Å². The first-order valence-corrected chi connectivity index (χ1v) is 9.13. The molecule has 0 bridgehead atoms. The fourth-order valence-corrected chi connectivity index (χ4v) is 3.44. The zero-order valence-corrected chi connectivity index (χ0v) is 13.2. The van der Waals surface area contributed by atoms with Crippen molar-refractivity contribution in [2.75, 3.05) is 0 Å². The van der Waals surface area contributed by atoms with Gasteiger partial charge in [-0.15, -0.1) is 0 Å². The molecule has 7 heteroatoms. The summed E-state index contributed by atoms with van der Waals surface area (Å²) in [4.78, 5) is 11.8. The van der Waals surface area contributed by atoms with Crippen LogP contribution in [0, 0.1) is 11.7 Å². The molecule has 2 atom stereocenters. The summed E-state index contributed by atoms with van der Waals surface area (Å²) in [5, 5.41) is 2.77. The van der Waals surface area contributed by atoms with Gasteiger partial charge in [-0.05, 0) is 37.0 Å². The van der Waals surface area contributed by atoms with Gasteiger partial charge >= 0.3 is 0 Å². The maximum absolute atomic E-state index is 13.7. The van der Waals surface area contributed by atoms with E-state index in [1.54, 1.807) is 0 Å². The third-order valence-corrected chi connectivity index (χ3v) is 5.09. The quantitative estimate of drug-likeness (QED) is 0.865. The Hall–Kier alpha value is -1.14. The Morgan fingerprint density at radius 1 is 1.38 bits per heavy atom. The van der Waals surface area contributed by atoms with Gasteiger partial charge in [-0.1, -0.05) is 19.8 Å². The number of carbonyl (C=O) groups is 1. The largest absolute Gasteiger partial charge is 0.349 e. The minimum atomic E-state index is -3.99. The molecule has 0 heterocycles. The van der Waals surface area contributed by atoms with Gasteiger partial charge in [-0.2, -0.15) is 0 Å². The van der Waals surface area contributed by atoms with Gasteiger partial charge in [-0.25, -0.2) is 12.8 Å². The van der Waals surface area contributed by atoms with Gasteiger partial charge in [0, 0.05) is 16.7 Å². The zero-order valence-electron chi connectivity index (χ0n) is 11.6. The van der Waals surface area contributed by atoms with Crippen LogP contribution in [0.5, 0.6) is 0 Å². The van der Waals surface area contributed by atoms with E-state index in [9.17, 15) is 17.6 Å². The number of halogens is 2. The minimum Gasteiger partial charge on any atom is -0.349 e. The highest BCUT2D eigenvalue weighted by molar-refractivity contribution is 8.13. The second-order valence-corrected chi connectivity index (χ2v) is 8.09. The van der Waals surface area contributed by atoms with E-state index in [1.165, 1.54) is 0 Å². The second-order valence-electron chi connectivity index (χ2n) is 5.52. The van der Waals surface area contributed by atoms with Crippen molar-refractivity contribution in [2.45, 2.75) is 43.5 Å². The van der Waals surface area contributed by atoms with Crippen LogP contribution in [-0.4, -0.2) is 20.4 Å². The lowest BCUT2D eigenvalue weighted by Gasteiger charge is -2.27. The first-order valence-electron chi connectivity index (χ1n) is 6.82. The lowest BCUT2D eigenvalue weighted by atomic mass is 9.87. The van der Waals surface area contributed by atoms with Gasteiger partial charge in [0.2, 0.25) is 0 Å². The summed E-state index contributed by atoms with van der Waals surface area (Å²) in [6.07, 6.45) is 3.84. The molecule has 0 saturated heterocycles. The Bertz CT molecular complexity index is 648. The maximum Gasteiger partial charge on any atom is 0.261 e. The summed E-state index contributed by atoms with van der Waals surface area (Å²) in [6, 6.07) is 2.95. The average Bonchev–Trinajstić information content (AvgIpc) is 2.37. The molecule has 116 valence electrons. The molecule has 1 aromatic carbocycles. The first-order chi connectivity index (χ1) is 9.77. The molecule has 1 N–H and O–H groups in total. The molecule has 1 aliphatic carbocycles. The predicted molar refractivity (Wildman–Crippen MR) is 78.3 cm³/mol. The van der Waals surface area contributed by atoms with Crippen molar-refractivity contribution in [3.63, 3.8) is 0 Å². The number of amides is 1. The Labute approximate surface area is 128 Å². The molecule has 1 fully saturated rings. The molecule has 4 nitrogen and oxygen atoms in total. The average molecular weight is 334 g/mol. The Morgan fingerprint density at radius 3 is 2.71 bits per heavy atom. The number of benzene rings is 1. The maximum atomic E-state index is 13.7. The number of hydrogen-bond acceptors (Lipinski definition) is 3. The second kappa shape index (κ2) is 6.32. The van der Waals surface area contributed by atoms with Gasteiger partial charge < -0.3 is 5.32 Å². The molecule has 0 aliphatic heterocycles. The number of hydrogen-bond donors (Lipinski definition) is 1. The highest BCUT2D eigenvalue weighted by Crippen LogP contribution is 2.24. The first kappa shape index (κ1) is 16.2. The summed E-state index contributed by atoms with van der Waals surface area (Å²) in [6.45, 7) is 2.11. The predicted octanol–water partition coefficient (Wildman–Crippen LogP) is 3.06. The van der Waals surface area contributed by atoms with Crippen molar-refractivity contribution in [1.82, 2.24) is 5.32 Å². The van der Waals surface area contributed by atoms with Crippen LogP contribution in [0.4, 0.5) is 4.39 Å². The van der Waals surface area contributed by atoms with Gasteiger partial charge in [-0.3, -0.25) is 4.79 Å². The van der Waals surface area contributed by atoms with Crippen LogP contribution in [0.2, 0.25) is 0 Å². The van der Waals surface area contributed by atoms with Gasteiger partial charge in [0.1, 0.15) is 5.82 Å². The summed E-state index contributed by atoms with van der Waals surface area (Å²) in [5.41, 5.74) is -0.296. The molecule has 1 aliphatic rings. The van der Waals surface area contributed by atoms with Crippen molar-refractivity contribution < 1.29 is 17.6 Å². The van der Waals surface area contributed by atoms with E-state index >= 15 is 0 Å². The van der Waals surface area contributed by atoms with Crippen molar-refractivity contribution in [1.29, 1.82) is 0 Å². The van der Waals surface area contributed by atoms with Crippen LogP contribution in [0.15, 0.2) is 23.1 Å². The molecular formula is C14H17ClFNO3S. The van der Waals surface area contributed by atoms with E-state index in [0.29, 0.717) is 5.92 Å². The lowest BCUT2D eigenvalue weighted by molar-refractivity contribution is 0.0917. The fourth-order valence-electron chi connectivity index (χ4n) is 2.66. The van der Waals surface area contributed by atoms with Crippen molar-refractivity contribution in [2.24, 2.45) is 5.92 Å². The standard InChI is InChI=1S/C14H17ClFNO3S/c1-9-3-2-4-10(7-9)17-14(18)12-8-11(21(15,19)20)5-6-13(12)16/h5-6,8-10H,2-4,7H2,1H3,(H,17,18). The third kappa shape index (κ3) is 4.17. The van der Waals surface area contributed by atoms with Crippen molar-refractivity contribution >= 4 is 25.6 Å². The molecule has 0 radical (unpaired) electrons. The van der Waals surface area contributed by atoms with Crippen molar-refractivity contribution in [3.8, 4) is 0 Å². The molecule has 1 amide bonds. The van der Waals surface area contributed by atoms with Crippen LogP contribution >= 0.6 is 10.7 Å². The Kier molecular flexibility index (Phi) is 4.88. The smallest absolute Gasteiger partial charge is 0.261 e. The summed E-state index contributed by atoms with van der Waals surface area (Å²) >= 11 is 0. The molecule has 0 aromatic heterocycles. The lowest BCUT2D eigenvalue weighted by Crippen LogP contribution is -2.38. The summed E-state index contributed by atoms with van der Waals surface area (Å²) in [5.74, 6) is -0.849. The summed E-state index contributed by atoms with van der Waals surface area (Å²) in [7, 11) is 1.22. The molecule has 0 spiro atoms. The van der Waals surface area contributed by atoms with E-state index in [0.717, 1.165) is 43.9 Å². The van der Waals surface area contributed by atoms with Crippen LogP contribution in [0.1, 0.15) is 43.0 Å². The molecule has 2 unspecified atom stereocenters. The van der Waals surface area contributed by atoms with Crippen molar-refractivity contribution in [3.05, 3.63) is 29.6 Å². The molecule has 1 aromatic rings. The van der Waals surface area contributed by atoms with E-state index in [4.69, 9.17) is 10.7 Å². The van der Waals surface area contributed by atoms with Crippen LogP contribution in [0.25, 0.3) is 0 Å². The van der Waals surface area contributed by atoms with E-state index in [-0.39, 0.29) is 16.5 Å². The highest BCUT2D eigenvalue weighted by Gasteiger charge is 2.23. The molecule has 2 rings (SSSR count). The number of carbonyl (C=O) groups excluding carboxylic acids is 1. The summed E-state index contributed by atoms with van der Waals surface area (Å²) < 4.78 is 36.3. The van der Waals surface area contributed by atoms with Gasteiger partial charge in [0.15, 0.2) is 0 Å². The topological polar surface area (TPSA) is 63.2 Å². The normalized spacial score (nSPS) is 22.8. The number of rotatable bonds is 3. The fraction of sp³-hybridized carbons (Fsp3) is 0.500. The van der Waals surface area contributed by atoms with E-state index in [1.807, 2.05) is 0 Å². The van der Waals surface area contributed by atoms with Crippen LogP contribution in [-0.2, 0) is 9.05 Å². The van der Waals surface area contributed by atoms with E-state index in [2.05, 4.69) is 12.2 Å². The van der Waals surface area contributed by atoms with E-state index < -0.39 is 20.8 Å². The Morgan fingerprint density at radius 2 is 2.10 bits per heavy atom. The van der Waals surface area contributed by atoms with Crippen LogP contribution < -0.4 is 5.32 Å². The Balaban J connectivity index is 2.18. The SMILES string of the molecule is CC1CCCC(NC(=O)c2cc(S(=O)(=O)Cl)ccc2F)C1. The zero-order chi connectivity index (χ0) is 15.6. The van der Waals surface area contributed by atoms with Gasteiger partial charge in [0.25, 0.3) is 15.0 Å². The molecule has 21 heavy (non-hydrogen) atoms.